The van der Waals surface area contributed by atoms with Gasteiger partial charge in [0.05, 0.1) is 17.7 Å². The van der Waals surface area contributed by atoms with Crippen LogP contribution in [0.1, 0.15) is 23.2 Å². The molecule has 1 unspecified atom stereocenters. The van der Waals surface area contributed by atoms with Crippen molar-refractivity contribution in [3.63, 3.8) is 0 Å². The Bertz CT molecular complexity index is 521. The third kappa shape index (κ3) is 2.92. The summed E-state index contributed by atoms with van der Waals surface area (Å²) in [4.78, 5) is 25.6. The lowest BCUT2D eigenvalue weighted by Crippen LogP contribution is -2.41. The fraction of sp³-hybridized carbons (Fsp3) is 0.385. The highest BCUT2D eigenvalue weighted by Gasteiger charge is 2.35. The van der Waals surface area contributed by atoms with Crippen molar-refractivity contribution in [2.24, 2.45) is 0 Å². The van der Waals surface area contributed by atoms with E-state index in [1.807, 2.05) is 0 Å². The van der Waals surface area contributed by atoms with Crippen LogP contribution >= 0.6 is 27.5 Å². The average Bonchev–Trinajstić information content (AvgIpc) is 2.89. The molecule has 0 spiro atoms. The smallest absolute Gasteiger partial charge is 0.328 e. The summed E-state index contributed by atoms with van der Waals surface area (Å²) in [5, 5.41) is 0.378. The first-order valence-corrected chi connectivity index (χ1v) is 7.05. The molecule has 102 valence electrons. The molecule has 0 bridgehead atoms. The van der Waals surface area contributed by atoms with E-state index in [4.69, 9.17) is 16.3 Å². The molecule has 0 radical (unpaired) electrons. The summed E-state index contributed by atoms with van der Waals surface area (Å²) >= 11 is 9.36. The Morgan fingerprint density at radius 1 is 1.47 bits per heavy atom. The van der Waals surface area contributed by atoms with Crippen molar-refractivity contribution < 1.29 is 14.3 Å². The first-order valence-electron chi connectivity index (χ1n) is 5.88. The number of carbonyl (C=O) groups is 2. The number of ether oxygens (including phenoxy) is 1. The van der Waals surface area contributed by atoms with Gasteiger partial charge in [-0.15, -0.1) is 0 Å². The molecule has 6 heteroatoms. The van der Waals surface area contributed by atoms with E-state index in [1.54, 1.807) is 18.2 Å². The highest BCUT2D eigenvalue weighted by molar-refractivity contribution is 9.10. The van der Waals surface area contributed by atoms with Crippen LogP contribution in [0, 0.1) is 0 Å². The Labute approximate surface area is 124 Å². The first kappa shape index (κ1) is 14.3. The lowest BCUT2D eigenvalue weighted by Gasteiger charge is -2.23. The maximum absolute atomic E-state index is 12.5. The molecule has 1 aromatic rings. The number of amides is 1. The predicted molar refractivity (Wildman–Crippen MR) is 75.2 cm³/mol. The maximum atomic E-state index is 12.5. The summed E-state index contributed by atoms with van der Waals surface area (Å²) in [6.07, 6.45) is 1.42. The Morgan fingerprint density at radius 3 is 2.89 bits per heavy atom. The van der Waals surface area contributed by atoms with Crippen LogP contribution in [0.2, 0.25) is 5.02 Å². The van der Waals surface area contributed by atoms with E-state index < -0.39 is 6.04 Å². The van der Waals surface area contributed by atoms with Crippen molar-refractivity contribution in [3.05, 3.63) is 33.3 Å². The van der Waals surface area contributed by atoms with Crippen LogP contribution in [0.25, 0.3) is 0 Å². The molecule has 0 aromatic heterocycles. The van der Waals surface area contributed by atoms with E-state index in [1.165, 1.54) is 12.0 Å². The largest absolute Gasteiger partial charge is 0.467 e. The number of hydrogen-bond donors (Lipinski definition) is 0. The monoisotopic (exact) mass is 345 g/mol. The zero-order valence-corrected chi connectivity index (χ0v) is 12.7. The van der Waals surface area contributed by atoms with Gasteiger partial charge in [0.25, 0.3) is 5.91 Å². The minimum atomic E-state index is -0.507. The number of halogens is 2. The van der Waals surface area contributed by atoms with Gasteiger partial charge in [-0.05, 0) is 31.0 Å². The number of esters is 1. The maximum Gasteiger partial charge on any atom is 0.328 e. The zero-order valence-electron chi connectivity index (χ0n) is 10.4. The van der Waals surface area contributed by atoms with Gasteiger partial charge in [-0.25, -0.2) is 4.79 Å². The molecule has 0 N–H and O–H groups in total. The van der Waals surface area contributed by atoms with E-state index >= 15 is 0 Å². The second-order valence-corrected chi connectivity index (χ2v) is 5.63. The van der Waals surface area contributed by atoms with E-state index in [2.05, 4.69) is 15.9 Å². The van der Waals surface area contributed by atoms with Crippen LogP contribution in [0.5, 0.6) is 0 Å². The van der Waals surface area contributed by atoms with Crippen LogP contribution in [0.15, 0.2) is 22.7 Å². The lowest BCUT2D eigenvalue weighted by atomic mass is 10.1. The molecule has 1 heterocycles. The molecule has 4 nitrogen and oxygen atoms in total. The second-order valence-electron chi connectivity index (χ2n) is 4.30. The zero-order chi connectivity index (χ0) is 14.0. The Morgan fingerprint density at radius 2 is 2.21 bits per heavy atom. The van der Waals surface area contributed by atoms with E-state index in [9.17, 15) is 9.59 Å². The number of benzene rings is 1. The highest BCUT2D eigenvalue weighted by atomic mass is 79.9. The molecule has 19 heavy (non-hydrogen) atoms. The molecule has 0 aliphatic carbocycles. The number of nitrogens with zero attached hydrogens (tertiary/aromatic N) is 1. The van der Waals surface area contributed by atoms with Crippen molar-refractivity contribution in [1.29, 1.82) is 0 Å². The number of likely N-dealkylation sites (tertiary alicyclic amines) is 1. The highest BCUT2D eigenvalue weighted by Crippen LogP contribution is 2.26. The normalized spacial score (nSPS) is 18.5. The summed E-state index contributed by atoms with van der Waals surface area (Å²) in [6.45, 7) is 0.543. The molecule has 1 amide bonds. The summed E-state index contributed by atoms with van der Waals surface area (Å²) in [5.74, 6) is -0.615. The Balaban J connectivity index is 2.28. The standard InChI is InChI=1S/C13H13BrClNO3/c1-19-13(18)11-3-2-6-16(11)12(17)9-7-8(14)4-5-10(9)15/h4-5,7,11H,2-3,6H2,1H3. The van der Waals surface area contributed by atoms with Gasteiger partial charge in [-0.2, -0.15) is 0 Å². The van der Waals surface area contributed by atoms with E-state index in [0.717, 1.165) is 10.9 Å². The number of methoxy groups -OCH3 is 1. The van der Waals surface area contributed by atoms with Crippen LogP contribution in [0.3, 0.4) is 0 Å². The fourth-order valence-electron chi connectivity index (χ4n) is 2.21. The van der Waals surface area contributed by atoms with Gasteiger partial charge in [0.15, 0.2) is 0 Å². The molecular weight excluding hydrogens is 334 g/mol. The van der Waals surface area contributed by atoms with Crippen molar-refractivity contribution in [1.82, 2.24) is 4.90 Å². The third-order valence-corrected chi connectivity index (χ3v) is 3.97. The molecule has 1 atom stereocenters. The van der Waals surface area contributed by atoms with Crippen LogP contribution in [-0.2, 0) is 9.53 Å². The molecule has 1 saturated heterocycles. The Hall–Kier alpha value is -1.07. The second kappa shape index (κ2) is 5.92. The van der Waals surface area contributed by atoms with Gasteiger partial charge in [0.2, 0.25) is 0 Å². The molecule has 1 aromatic carbocycles. The van der Waals surface area contributed by atoms with E-state index in [-0.39, 0.29) is 11.9 Å². The van der Waals surface area contributed by atoms with Crippen LogP contribution < -0.4 is 0 Å². The molecular formula is C13H13BrClNO3. The summed E-state index contributed by atoms with van der Waals surface area (Å²) in [5.41, 5.74) is 0.395. The number of rotatable bonds is 2. The average molecular weight is 347 g/mol. The fourth-order valence-corrected chi connectivity index (χ4v) is 2.77. The number of hydrogen-bond acceptors (Lipinski definition) is 3. The quantitative estimate of drug-likeness (QED) is 0.774. The topological polar surface area (TPSA) is 46.6 Å². The van der Waals surface area contributed by atoms with Crippen molar-refractivity contribution in [2.75, 3.05) is 13.7 Å². The first-order chi connectivity index (χ1) is 9.04. The minimum absolute atomic E-state index is 0.237. The van der Waals surface area contributed by atoms with Crippen LogP contribution in [0.4, 0.5) is 0 Å². The van der Waals surface area contributed by atoms with E-state index in [0.29, 0.717) is 23.6 Å². The van der Waals surface area contributed by atoms with Gasteiger partial charge < -0.3 is 9.64 Å². The number of carbonyl (C=O) groups excluding carboxylic acids is 2. The molecule has 1 fully saturated rings. The molecule has 2 rings (SSSR count). The summed E-state index contributed by atoms with van der Waals surface area (Å²) in [6, 6.07) is 4.58. The molecule has 0 saturated carbocycles. The third-order valence-electron chi connectivity index (χ3n) is 3.15. The minimum Gasteiger partial charge on any atom is -0.467 e. The van der Waals surface area contributed by atoms with Gasteiger partial charge in [0, 0.05) is 11.0 Å². The predicted octanol–water partition coefficient (Wildman–Crippen LogP) is 2.88. The SMILES string of the molecule is COC(=O)C1CCCN1C(=O)c1cc(Br)ccc1Cl. The Kier molecular flexibility index (Phi) is 4.47. The van der Waals surface area contributed by atoms with Crippen molar-refractivity contribution >= 4 is 39.4 Å². The van der Waals surface area contributed by atoms with Gasteiger partial charge in [-0.3, -0.25) is 4.79 Å². The lowest BCUT2D eigenvalue weighted by molar-refractivity contribution is -0.145. The molecule has 1 aliphatic rings. The summed E-state index contributed by atoms with van der Waals surface area (Å²) < 4.78 is 5.50. The van der Waals surface area contributed by atoms with Gasteiger partial charge >= 0.3 is 5.97 Å². The molecule has 1 aliphatic heterocycles. The summed E-state index contributed by atoms with van der Waals surface area (Å²) in [7, 11) is 1.33. The van der Waals surface area contributed by atoms with Crippen molar-refractivity contribution in [2.45, 2.75) is 18.9 Å². The van der Waals surface area contributed by atoms with Gasteiger partial charge in [0.1, 0.15) is 6.04 Å². The van der Waals surface area contributed by atoms with Gasteiger partial charge in [-0.1, -0.05) is 27.5 Å². The van der Waals surface area contributed by atoms with Crippen LogP contribution in [-0.4, -0.2) is 36.5 Å². The van der Waals surface area contributed by atoms with Crippen molar-refractivity contribution in [3.8, 4) is 0 Å².